The monoisotopic (exact) mass is 425 g/mol. The van der Waals surface area contributed by atoms with Crippen LogP contribution >= 0.6 is 0 Å². The number of hydrogen-bond donors (Lipinski definition) is 1. The molecule has 0 unspecified atom stereocenters. The predicted octanol–water partition coefficient (Wildman–Crippen LogP) is 4.97. The van der Waals surface area contributed by atoms with E-state index in [0.29, 0.717) is 17.4 Å². The number of alkyl halides is 3. The first kappa shape index (κ1) is 23.1. The number of benzene rings is 2. The molecule has 0 saturated heterocycles. The van der Waals surface area contributed by atoms with Gasteiger partial charge in [0.2, 0.25) is 0 Å². The number of hydrogen-bond acceptors (Lipinski definition) is 5. The molecular formula is C21H22F3NO5. The van der Waals surface area contributed by atoms with Crippen molar-refractivity contribution in [2.75, 3.05) is 13.2 Å². The van der Waals surface area contributed by atoms with Crippen molar-refractivity contribution in [2.24, 2.45) is 0 Å². The van der Waals surface area contributed by atoms with E-state index < -0.39 is 23.8 Å². The Morgan fingerprint density at radius 3 is 2.47 bits per heavy atom. The van der Waals surface area contributed by atoms with Crippen LogP contribution < -0.4 is 14.8 Å². The van der Waals surface area contributed by atoms with E-state index in [1.807, 2.05) is 0 Å². The van der Waals surface area contributed by atoms with E-state index in [2.05, 4.69) is 10.1 Å². The molecule has 1 amide bonds. The van der Waals surface area contributed by atoms with Crippen molar-refractivity contribution in [3.63, 3.8) is 0 Å². The second-order valence-corrected chi connectivity index (χ2v) is 7.23. The van der Waals surface area contributed by atoms with Crippen LogP contribution in [-0.4, -0.2) is 37.5 Å². The third kappa shape index (κ3) is 7.65. The summed E-state index contributed by atoms with van der Waals surface area (Å²) in [6, 6.07) is 10.1. The molecule has 0 aliphatic carbocycles. The molecule has 0 radical (unpaired) electrons. The van der Waals surface area contributed by atoms with E-state index in [1.54, 1.807) is 32.9 Å². The molecule has 30 heavy (non-hydrogen) atoms. The van der Waals surface area contributed by atoms with Gasteiger partial charge in [-0.2, -0.15) is 0 Å². The molecule has 2 aromatic carbocycles. The SMILES string of the molecule is CC(C)(C)OC(=O)NCCOc1ccc(-c2cccc(C=O)c2)c(OC(F)(F)F)c1. The minimum absolute atomic E-state index is 0.00464. The quantitative estimate of drug-likeness (QED) is 0.501. The maximum absolute atomic E-state index is 12.9. The predicted molar refractivity (Wildman–Crippen MR) is 104 cm³/mol. The van der Waals surface area contributed by atoms with Crippen molar-refractivity contribution in [1.82, 2.24) is 5.32 Å². The molecule has 0 aliphatic heterocycles. The molecule has 0 aliphatic rings. The lowest BCUT2D eigenvalue weighted by molar-refractivity contribution is -0.274. The van der Waals surface area contributed by atoms with Crippen LogP contribution in [0.25, 0.3) is 11.1 Å². The van der Waals surface area contributed by atoms with E-state index in [1.165, 1.54) is 24.3 Å². The summed E-state index contributed by atoms with van der Waals surface area (Å²) < 4.78 is 53.2. The normalized spacial score (nSPS) is 11.5. The summed E-state index contributed by atoms with van der Waals surface area (Å²) in [7, 11) is 0. The first-order valence-corrected chi connectivity index (χ1v) is 9.02. The topological polar surface area (TPSA) is 73.9 Å². The molecule has 0 atom stereocenters. The van der Waals surface area contributed by atoms with Gasteiger partial charge < -0.3 is 19.5 Å². The zero-order valence-corrected chi connectivity index (χ0v) is 16.7. The van der Waals surface area contributed by atoms with Crippen molar-refractivity contribution in [1.29, 1.82) is 0 Å². The molecule has 1 N–H and O–H groups in total. The van der Waals surface area contributed by atoms with Crippen molar-refractivity contribution in [2.45, 2.75) is 32.7 Å². The smallest absolute Gasteiger partial charge is 0.492 e. The fourth-order valence-electron chi connectivity index (χ4n) is 2.46. The van der Waals surface area contributed by atoms with Gasteiger partial charge in [-0.3, -0.25) is 4.79 Å². The summed E-state index contributed by atoms with van der Waals surface area (Å²) in [5.41, 5.74) is 0.206. The van der Waals surface area contributed by atoms with Crippen molar-refractivity contribution >= 4 is 12.4 Å². The van der Waals surface area contributed by atoms with Crippen molar-refractivity contribution in [3.8, 4) is 22.6 Å². The molecular weight excluding hydrogens is 403 g/mol. The largest absolute Gasteiger partial charge is 0.573 e. The summed E-state index contributed by atoms with van der Waals surface area (Å²) in [6.45, 7) is 5.25. The first-order valence-electron chi connectivity index (χ1n) is 9.02. The number of alkyl carbamates (subject to hydrolysis) is 1. The number of amides is 1. The van der Waals surface area contributed by atoms with E-state index in [4.69, 9.17) is 9.47 Å². The maximum atomic E-state index is 12.9. The van der Waals surface area contributed by atoms with Crippen LogP contribution in [-0.2, 0) is 4.74 Å². The second-order valence-electron chi connectivity index (χ2n) is 7.23. The van der Waals surface area contributed by atoms with Gasteiger partial charge in [-0.1, -0.05) is 18.2 Å². The summed E-state index contributed by atoms with van der Waals surface area (Å²) in [5.74, 6) is -0.348. The van der Waals surface area contributed by atoms with Gasteiger partial charge >= 0.3 is 12.5 Å². The standard InChI is InChI=1S/C21H22F3NO5/c1-20(2,3)30-19(27)25-9-10-28-16-7-8-17(18(12-16)29-21(22,23)24)15-6-4-5-14(11-15)13-26/h4-8,11-13H,9-10H2,1-3H3,(H,25,27). The maximum Gasteiger partial charge on any atom is 0.573 e. The van der Waals surface area contributed by atoms with E-state index >= 15 is 0 Å². The second kappa shape index (κ2) is 9.51. The Hall–Kier alpha value is -3.23. The zero-order valence-electron chi connectivity index (χ0n) is 16.7. The first-order chi connectivity index (χ1) is 14.0. The molecule has 0 fully saturated rings. The summed E-state index contributed by atoms with van der Waals surface area (Å²) in [4.78, 5) is 22.5. The van der Waals surface area contributed by atoms with Crippen molar-refractivity contribution in [3.05, 3.63) is 48.0 Å². The van der Waals surface area contributed by atoms with E-state index in [-0.39, 0.29) is 24.5 Å². The molecule has 2 aromatic rings. The van der Waals surface area contributed by atoms with Gasteiger partial charge in [0.05, 0.1) is 6.54 Å². The van der Waals surface area contributed by atoms with E-state index in [9.17, 15) is 22.8 Å². The van der Waals surface area contributed by atoms with Crippen LogP contribution in [0.3, 0.4) is 0 Å². The third-order valence-electron chi connectivity index (χ3n) is 3.55. The molecule has 6 nitrogen and oxygen atoms in total. The lowest BCUT2D eigenvalue weighted by Crippen LogP contribution is -2.34. The Balaban J connectivity index is 2.12. The molecule has 0 heterocycles. The highest BCUT2D eigenvalue weighted by Gasteiger charge is 2.32. The highest BCUT2D eigenvalue weighted by molar-refractivity contribution is 5.80. The van der Waals surface area contributed by atoms with Gasteiger partial charge in [0, 0.05) is 17.2 Å². The number of rotatable bonds is 7. The van der Waals surface area contributed by atoms with Gasteiger partial charge in [0.25, 0.3) is 0 Å². The lowest BCUT2D eigenvalue weighted by atomic mass is 10.0. The Morgan fingerprint density at radius 2 is 1.83 bits per heavy atom. The van der Waals surface area contributed by atoms with E-state index in [0.717, 1.165) is 6.07 Å². The van der Waals surface area contributed by atoms with Crippen LogP contribution in [0.2, 0.25) is 0 Å². The number of aldehydes is 1. The highest BCUT2D eigenvalue weighted by atomic mass is 19.4. The number of carbonyl (C=O) groups is 2. The van der Waals surface area contributed by atoms with Crippen LogP contribution in [0.1, 0.15) is 31.1 Å². The fraction of sp³-hybridized carbons (Fsp3) is 0.333. The van der Waals surface area contributed by atoms with Gasteiger partial charge in [-0.15, -0.1) is 13.2 Å². The van der Waals surface area contributed by atoms with Gasteiger partial charge in [-0.25, -0.2) is 4.79 Å². The van der Waals surface area contributed by atoms with Gasteiger partial charge in [0.1, 0.15) is 30.0 Å². The number of carbonyl (C=O) groups excluding carboxylic acids is 2. The molecule has 162 valence electrons. The Kier molecular flexibility index (Phi) is 7.31. The molecule has 9 heteroatoms. The fourth-order valence-corrected chi connectivity index (χ4v) is 2.46. The van der Waals surface area contributed by atoms with Crippen LogP contribution in [0.4, 0.5) is 18.0 Å². The molecule has 0 spiro atoms. The highest BCUT2D eigenvalue weighted by Crippen LogP contribution is 2.36. The zero-order chi connectivity index (χ0) is 22.4. The average Bonchev–Trinajstić information content (AvgIpc) is 2.63. The summed E-state index contributed by atoms with van der Waals surface area (Å²) in [6.07, 6.45) is -4.94. The number of ether oxygens (including phenoxy) is 3. The minimum Gasteiger partial charge on any atom is -0.492 e. The summed E-state index contributed by atoms with van der Waals surface area (Å²) in [5, 5.41) is 2.48. The lowest BCUT2D eigenvalue weighted by Gasteiger charge is -2.19. The molecule has 0 bridgehead atoms. The number of halogens is 3. The average molecular weight is 425 g/mol. The van der Waals surface area contributed by atoms with Crippen LogP contribution in [0, 0.1) is 0 Å². The Bertz CT molecular complexity index is 891. The third-order valence-corrected chi connectivity index (χ3v) is 3.55. The van der Waals surface area contributed by atoms with Crippen LogP contribution in [0.5, 0.6) is 11.5 Å². The Morgan fingerprint density at radius 1 is 1.10 bits per heavy atom. The molecule has 2 rings (SSSR count). The summed E-state index contributed by atoms with van der Waals surface area (Å²) >= 11 is 0. The van der Waals surface area contributed by atoms with Crippen molar-refractivity contribution < 1.29 is 37.0 Å². The Labute approximate surface area is 171 Å². The number of nitrogens with one attached hydrogen (secondary N) is 1. The van der Waals surface area contributed by atoms with Gasteiger partial charge in [-0.05, 0) is 44.5 Å². The van der Waals surface area contributed by atoms with Gasteiger partial charge in [0.15, 0.2) is 0 Å². The minimum atomic E-state index is -4.91. The van der Waals surface area contributed by atoms with Crippen LogP contribution in [0.15, 0.2) is 42.5 Å². The molecule has 0 aromatic heterocycles. The molecule has 0 saturated carbocycles.